The molecule has 2 heterocycles. The molecule has 0 aliphatic carbocycles. The molecule has 0 spiro atoms. The first kappa shape index (κ1) is 11.7. The number of pyridine rings is 1. The molecule has 0 bridgehead atoms. The summed E-state index contributed by atoms with van der Waals surface area (Å²) in [5, 5.41) is 1.12. The Hall–Kier alpha value is -1.42. The van der Waals surface area contributed by atoms with Crippen LogP contribution in [0.1, 0.15) is 12.0 Å². The van der Waals surface area contributed by atoms with Crippen molar-refractivity contribution in [2.75, 3.05) is 6.54 Å². The van der Waals surface area contributed by atoms with Crippen LogP contribution in [0.15, 0.2) is 36.5 Å². The number of nitrogens with zero attached hydrogens (tertiary/aromatic N) is 2. The van der Waals surface area contributed by atoms with Gasteiger partial charge in [0, 0.05) is 35.9 Å². The van der Waals surface area contributed by atoms with Gasteiger partial charge in [0.1, 0.15) is 0 Å². The molecule has 2 aromatic rings. The van der Waals surface area contributed by atoms with Crippen LogP contribution >= 0.6 is 15.9 Å². The lowest BCUT2D eigenvalue weighted by atomic mass is 10.1. The summed E-state index contributed by atoms with van der Waals surface area (Å²) in [4.78, 5) is 18.4. The first-order valence-electron chi connectivity index (χ1n) is 5.98. The quantitative estimate of drug-likeness (QED) is 0.799. The number of hydrogen-bond acceptors (Lipinski definition) is 2. The maximum Gasteiger partial charge on any atom is 0.224 e. The normalized spacial score (nSPS) is 19.7. The highest BCUT2D eigenvalue weighted by molar-refractivity contribution is 9.09. The summed E-state index contributed by atoms with van der Waals surface area (Å²) in [7, 11) is 0. The number of benzene rings is 1. The van der Waals surface area contributed by atoms with E-state index in [1.54, 1.807) is 6.20 Å². The van der Waals surface area contributed by atoms with Crippen LogP contribution in [0, 0.1) is 0 Å². The summed E-state index contributed by atoms with van der Waals surface area (Å²) >= 11 is 3.50. The molecule has 1 aliphatic heterocycles. The van der Waals surface area contributed by atoms with Crippen LogP contribution < -0.4 is 0 Å². The predicted molar refractivity (Wildman–Crippen MR) is 74.5 cm³/mol. The molecule has 4 heteroatoms. The lowest BCUT2D eigenvalue weighted by Crippen LogP contribution is -2.24. The highest BCUT2D eigenvalue weighted by atomic mass is 79.9. The predicted octanol–water partition coefficient (Wildman–Crippen LogP) is 2.73. The number of aromatic nitrogens is 1. The number of halogens is 1. The van der Waals surface area contributed by atoms with Crippen molar-refractivity contribution in [1.82, 2.24) is 9.88 Å². The van der Waals surface area contributed by atoms with Gasteiger partial charge >= 0.3 is 0 Å². The third kappa shape index (κ3) is 2.12. The van der Waals surface area contributed by atoms with E-state index >= 15 is 0 Å². The van der Waals surface area contributed by atoms with Crippen molar-refractivity contribution in [3.05, 3.63) is 42.1 Å². The first-order valence-corrected chi connectivity index (χ1v) is 6.90. The molecule has 92 valence electrons. The number of likely N-dealkylation sites (tertiary alicyclic amines) is 1. The Morgan fingerprint density at radius 3 is 2.94 bits per heavy atom. The second kappa shape index (κ2) is 4.69. The molecular weight excluding hydrogens is 292 g/mol. The Bertz CT molecular complexity index is 594. The maximum absolute atomic E-state index is 11.8. The fourth-order valence-electron chi connectivity index (χ4n) is 2.38. The van der Waals surface area contributed by atoms with Gasteiger partial charge in [-0.3, -0.25) is 9.78 Å². The largest absolute Gasteiger partial charge is 0.337 e. The third-order valence-electron chi connectivity index (χ3n) is 3.24. The molecule has 1 fully saturated rings. The zero-order chi connectivity index (χ0) is 12.5. The van der Waals surface area contributed by atoms with Gasteiger partial charge < -0.3 is 4.90 Å². The van der Waals surface area contributed by atoms with Crippen molar-refractivity contribution in [3.63, 3.8) is 0 Å². The SMILES string of the molecule is O=C1CC(Br)CN1Cc1cccc2cccnc12. The highest BCUT2D eigenvalue weighted by Gasteiger charge is 2.27. The van der Waals surface area contributed by atoms with Gasteiger partial charge in [0.05, 0.1) is 5.52 Å². The number of carbonyl (C=O) groups excluding carboxylic acids is 1. The molecule has 1 atom stereocenters. The topological polar surface area (TPSA) is 33.2 Å². The fourth-order valence-corrected chi connectivity index (χ4v) is 3.00. The van der Waals surface area contributed by atoms with Gasteiger partial charge in [-0.15, -0.1) is 0 Å². The van der Waals surface area contributed by atoms with Gasteiger partial charge in [-0.1, -0.05) is 40.2 Å². The monoisotopic (exact) mass is 304 g/mol. The Kier molecular flexibility index (Phi) is 3.04. The van der Waals surface area contributed by atoms with E-state index in [1.807, 2.05) is 35.2 Å². The smallest absolute Gasteiger partial charge is 0.224 e. The number of amides is 1. The molecular formula is C14H13BrN2O. The minimum Gasteiger partial charge on any atom is -0.337 e. The average molecular weight is 305 g/mol. The molecule has 1 amide bonds. The van der Waals surface area contributed by atoms with Gasteiger partial charge in [-0.2, -0.15) is 0 Å². The van der Waals surface area contributed by atoms with Gasteiger partial charge in [0.25, 0.3) is 0 Å². The standard InChI is InChI=1S/C14H13BrN2O/c15-12-7-13(18)17(9-12)8-11-4-1-3-10-5-2-6-16-14(10)11/h1-6,12H,7-9H2. The minimum atomic E-state index is 0.213. The van der Waals surface area contributed by atoms with E-state index < -0.39 is 0 Å². The zero-order valence-electron chi connectivity index (χ0n) is 9.84. The van der Waals surface area contributed by atoms with Crippen molar-refractivity contribution in [2.24, 2.45) is 0 Å². The molecule has 1 saturated heterocycles. The van der Waals surface area contributed by atoms with E-state index in [0.717, 1.165) is 23.0 Å². The van der Waals surface area contributed by atoms with Gasteiger partial charge in [-0.05, 0) is 11.6 Å². The Morgan fingerprint density at radius 2 is 2.17 bits per heavy atom. The lowest BCUT2D eigenvalue weighted by molar-refractivity contribution is -0.128. The first-order chi connectivity index (χ1) is 8.74. The second-order valence-electron chi connectivity index (χ2n) is 4.57. The van der Waals surface area contributed by atoms with Crippen LogP contribution in [0.4, 0.5) is 0 Å². The second-order valence-corrected chi connectivity index (χ2v) is 5.86. The van der Waals surface area contributed by atoms with Gasteiger partial charge in [0.2, 0.25) is 5.91 Å². The summed E-state index contributed by atoms with van der Waals surface area (Å²) in [5.74, 6) is 0.213. The molecule has 1 aromatic carbocycles. The number of para-hydroxylation sites is 1. The number of fused-ring (bicyclic) bond motifs is 1. The number of carbonyl (C=O) groups is 1. The van der Waals surface area contributed by atoms with E-state index in [0.29, 0.717) is 13.0 Å². The Morgan fingerprint density at radius 1 is 1.33 bits per heavy atom. The van der Waals surface area contributed by atoms with Crippen molar-refractivity contribution in [3.8, 4) is 0 Å². The van der Waals surface area contributed by atoms with Crippen LogP contribution in [0.5, 0.6) is 0 Å². The van der Waals surface area contributed by atoms with Crippen molar-refractivity contribution >= 4 is 32.7 Å². The molecule has 0 saturated carbocycles. The number of hydrogen-bond donors (Lipinski definition) is 0. The van der Waals surface area contributed by atoms with E-state index in [4.69, 9.17) is 0 Å². The summed E-state index contributed by atoms with van der Waals surface area (Å²) in [6.45, 7) is 1.43. The summed E-state index contributed by atoms with van der Waals surface area (Å²) in [6.07, 6.45) is 2.39. The fraction of sp³-hybridized carbons (Fsp3) is 0.286. The number of rotatable bonds is 2. The van der Waals surface area contributed by atoms with Gasteiger partial charge in [0.15, 0.2) is 0 Å². The molecule has 0 N–H and O–H groups in total. The molecule has 1 aliphatic rings. The van der Waals surface area contributed by atoms with Crippen LogP contribution in [-0.2, 0) is 11.3 Å². The molecule has 1 aromatic heterocycles. The summed E-state index contributed by atoms with van der Waals surface area (Å²) in [5.41, 5.74) is 2.11. The minimum absolute atomic E-state index is 0.213. The Balaban J connectivity index is 1.93. The van der Waals surface area contributed by atoms with E-state index in [2.05, 4.69) is 20.9 Å². The van der Waals surface area contributed by atoms with Crippen LogP contribution in [0.2, 0.25) is 0 Å². The Labute approximate surface area is 114 Å². The van der Waals surface area contributed by atoms with E-state index in [9.17, 15) is 4.79 Å². The van der Waals surface area contributed by atoms with Gasteiger partial charge in [-0.25, -0.2) is 0 Å². The van der Waals surface area contributed by atoms with Crippen molar-refractivity contribution in [2.45, 2.75) is 17.8 Å². The van der Waals surface area contributed by atoms with E-state index in [-0.39, 0.29) is 10.7 Å². The summed E-state index contributed by atoms with van der Waals surface area (Å²) in [6, 6.07) is 10.1. The average Bonchev–Trinajstić information content (AvgIpc) is 2.68. The summed E-state index contributed by atoms with van der Waals surface area (Å²) < 4.78 is 0. The van der Waals surface area contributed by atoms with Crippen LogP contribution in [0.25, 0.3) is 10.9 Å². The molecule has 1 unspecified atom stereocenters. The van der Waals surface area contributed by atoms with Crippen molar-refractivity contribution in [1.29, 1.82) is 0 Å². The maximum atomic E-state index is 11.8. The van der Waals surface area contributed by atoms with E-state index in [1.165, 1.54) is 0 Å². The molecule has 18 heavy (non-hydrogen) atoms. The molecule has 3 nitrogen and oxygen atoms in total. The van der Waals surface area contributed by atoms with Crippen molar-refractivity contribution < 1.29 is 4.79 Å². The zero-order valence-corrected chi connectivity index (χ0v) is 11.4. The lowest BCUT2D eigenvalue weighted by Gasteiger charge is -2.16. The van der Waals surface area contributed by atoms with Crippen LogP contribution in [-0.4, -0.2) is 27.2 Å². The highest BCUT2D eigenvalue weighted by Crippen LogP contribution is 2.23. The molecule has 3 rings (SSSR count). The number of alkyl halides is 1. The molecule has 0 radical (unpaired) electrons. The van der Waals surface area contributed by atoms with Crippen LogP contribution in [0.3, 0.4) is 0 Å². The third-order valence-corrected chi connectivity index (χ3v) is 3.86.